The van der Waals surface area contributed by atoms with Gasteiger partial charge in [0.25, 0.3) is 5.91 Å². The number of amides is 1. The van der Waals surface area contributed by atoms with Crippen LogP contribution in [0, 0.1) is 0 Å². The second-order valence-electron chi connectivity index (χ2n) is 6.88. The first-order chi connectivity index (χ1) is 12.9. The minimum atomic E-state index is -3.74. The molecule has 6 nitrogen and oxygen atoms in total. The zero-order valence-corrected chi connectivity index (χ0v) is 16.0. The molecule has 3 N–H and O–H groups in total. The van der Waals surface area contributed by atoms with Crippen LogP contribution in [0.1, 0.15) is 34.7 Å². The van der Waals surface area contributed by atoms with Crippen LogP contribution in [0.15, 0.2) is 59.5 Å². The Hall–Kier alpha value is -2.22. The van der Waals surface area contributed by atoms with E-state index in [4.69, 9.17) is 5.14 Å². The molecule has 0 saturated carbocycles. The van der Waals surface area contributed by atoms with E-state index in [2.05, 4.69) is 34.5 Å². The summed E-state index contributed by atoms with van der Waals surface area (Å²) >= 11 is 0. The number of nitrogens with one attached hydrogen (secondary N) is 1. The summed E-state index contributed by atoms with van der Waals surface area (Å²) in [7, 11) is -3.74. The van der Waals surface area contributed by atoms with Gasteiger partial charge >= 0.3 is 0 Å². The minimum absolute atomic E-state index is 0.000629. The Bertz CT molecular complexity index is 867. The lowest BCUT2D eigenvalue weighted by atomic mass is 9.91. The molecule has 2 aromatic rings. The molecule has 1 amide bonds. The molecule has 0 bridgehead atoms. The predicted octanol–water partition coefficient (Wildman–Crippen LogP) is 1.94. The number of primary sulfonamides is 1. The maximum absolute atomic E-state index is 12.2. The third-order valence-electron chi connectivity index (χ3n) is 4.94. The second-order valence-corrected chi connectivity index (χ2v) is 8.44. The number of nitrogens with zero attached hydrogens (tertiary/aromatic N) is 1. The van der Waals surface area contributed by atoms with Gasteiger partial charge in [0.2, 0.25) is 10.0 Å². The Morgan fingerprint density at radius 2 is 1.81 bits per heavy atom. The number of sulfonamides is 1. The molecule has 144 valence electrons. The SMILES string of the molecule is NS(=O)(=O)c1ccc(C(=O)NCCN2CCCC(c3ccccc3)C2)cc1. The number of piperidine rings is 1. The smallest absolute Gasteiger partial charge is 0.251 e. The zero-order chi connectivity index (χ0) is 19.3. The minimum Gasteiger partial charge on any atom is -0.351 e. The van der Waals surface area contributed by atoms with Crippen LogP contribution in [0.2, 0.25) is 0 Å². The fourth-order valence-electron chi connectivity index (χ4n) is 3.48. The van der Waals surface area contributed by atoms with Gasteiger partial charge in [0.05, 0.1) is 4.90 Å². The maximum Gasteiger partial charge on any atom is 0.251 e. The summed E-state index contributed by atoms with van der Waals surface area (Å²) in [6.45, 7) is 3.40. The number of hydrogen-bond donors (Lipinski definition) is 2. The summed E-state index contributed by atoms with van der Waals surface area (Å²) in [5, 5.41) is 7.96. The van der Waals surface area contributed by atoms with Gasteiger partial charge in [0.1, 0.15) is 0 Å². The van der Waals surface area contributed by atoms with Crippen molar-refractivity contribution < 1.29 is 13.2 Å². The molecule has 1 saturated heterocycles. The second kappa shape index (κ2) is 8.65. The lowest BCUT2D eigenvalue weighted by Gasteiger charge is -2.33. The Morgan fingerprint density at radius 3 is 2.48 bits per heavy atom. The van der Waals surface area contributed by atoms with Crippen molar-refractivity contribution in [3.05, 3.63) is 65.7 Å². The van der Waals surface area contributed by atoms with E-state index in [1.54, 1.807) is 0 Å². The van der Waals surface area contributed by atoms with Crippen molar-refractivity contribution in [2.45, 2.75) is 23.7 Å². The normalized spacial score (nSPS) is 18.2. The first-order valence-electron chi connectivity index (χ1n) is 9.12. The molecule has 1 fully saturated rings. The molecule has 0 aromatic heterocycles. The van der Waals surface area contributed by atoms with Crippen LogP contribution < -0.4 is 10.5 Å². The maximum atomic E-state index is 12.2. The van der Waals surface area contributed by atoms with Gasteiger partial charge in [-0.05, 0) is 55.1 Å². The molecule has 1 aliphatic rings. The van der Waals surface area contributed by atoms with Gasteiger partial charge in [0, 0.05) is 25.2 Å². The summed E-state index contributed by atoms with van der Waals surface area (Å²) in [4.78, 5) is 14.6. The molecular formula is C20H25N3O3S. The van der Waals surface area contributed by atoms with Gasteiger partial charge in [-0.25, -0.2) is 13.6 Å². The first kappa shape index (κ1) is 19.5. The predicted molar refractivity (Wildman–Crippen MR) is 105 cm³/mol. The summed E-state index contributed by atoms with van der Waals surface area (Å²) in [6.07, 6.45) is 2.35. The molecule has 2 aromatic carbocycles. The van der Waals surface area contributed by atoms with Crippen molar-refractivity contribution in [1.29, 1.82) is 0 Å². The largest absolute Gasteiger partial charge is 0.351 e. The van der Waals surface area contributed by atoms with Crippen LogP contribution in [-0.4, -0.2) is 45.4 Å². The molecule has 1 atom stereocenters. The van der Waals surface area contributed by atoms with Crippen LogP contribution in [0.5, 0.6) is 0 Å². The average molecular weight is 388 g/mol. The van der Waals surface area contributed by atoms with Crippen LogP contribution in [-0.2, 0) is 10.0 Å². The van der Waals surface area contributed by atoms with E-state index in [1.165, 1.54) is 36.2 Å². The van der Waals surface area contributed by atoms with E-state index >= 15 is 0 Å². The average Bonchev–Trinajstić information content (AvgIpc) is 2.68. The number of rotatable bonds is 6. The van der Waals surface area contributed by atoms with Crippen molar-refractivity contribution >= 4 is 15.9 Å². The van der Waals surface area contributed by atoms with Gasteiger partial charge in [0.15, 0.2) is 0 Å². The highest BCUT2D eigenvalue weighted by molar-refractivity contribution is 7.89. The fraction of sp³-hybridized carbons (Fsp3) is 0.350. The Kier molecular flexibility index (Phi) is 6.26. The molecule has 0 aliphatic carbocycles. The van der Waals surface area contributed by atoms with E-state index in [0.29, 0.717) is 18.0 Å². The van der Waals surface area contributed by atoms with Gasteiger partial charge in [-0.3, -0.25) is 4.79 Å². The third kappa shape index (κ3) is 5.38. The van der Waals surface area contributed by atoms with E-state index < -0.39 is 10.0 Å². The monoisotopic (exact) mass is 387 g/mol. The van der Waals surface area contributed by atoms with Crippen molar-refractivity contribution in [3.8, 4) is 0 Å². The lowest BCUT2D eigenvalue weighted by Crippen LogP contribution is -2.40. The highest BCUT2D eigenvalue weighted by Crippen LogP contribution is 2.26. The van der Waals surface area contributed by atoms with Gasteiger partial charge < -0.3 is 10.2 Å². The number of likely N-dealkylation sites (tertiary alicyclic amines) is 1. The Morgan fingerprint density at radius 1 is 1.11 bits per heavy atom. The number of carbonyl (C=O) groups excluding carboxylic acids is 1. The molecule has 1 aliphatic heterocycles. The topological polar surface area (TPSA) is 92.5 Å². The number of carbonyl (C=O) groups is 1. The molecule has 1 heterocycles. The molecule has 3 rings (SSSR count). The standard InChI is InChI=1S/C20H25N3O3S/c21-27(25,26)19-10-8-17(9-11-19)20(24)22-12-14-23-13-4-7-18(15-23)16-5-2-1-3-6-16/h1-3,5-6,8-11,18H,4,7,12-15H2,(H,22,24)(H2,21,25,26). The summed E-state index contributed by atoms with van der Waals surface area (Å²) < 4.78 is 22.5. The molecule has 7 heteroatoms. The fourth-order valence-corrected chi connectivity index (χ4v) is 4.00. The lowest BCUT2D eigenvalue weighted by molar-refractivity contribution is 0.0945. The third-order valence-corrected chi connectivity index (χ3v) is 5.86. The highest BCUT2D eigenvalue weighted by Gasteiger charge is 2.21. The van der Waals surface area contributed by atoms with E-state index in [1.807, 2.05) is 6.07 Å². The molecule has 1 unspecified atom stereocenters. The zero-order valence-electron chi connectivity index (χ0n) is 15.2. The van der Waals surface area contributed by atoms with Crippen LogP contribution in [0.4, 0.5) is 0 Å². The van der Waals surface area contributed by atoms with E-state index in [9.17, 15) is 13.2 Å². The number of hydrogen-bond acceptors (Lipinski definition) is 4. The van der Waals surface area contributed by atoms with Crippen molar-refractivity contribution in [2.24, 2.45) is 5.14 Å². The van der Waals surface area contributed by atoms with E-state index in [0.717, 1.165) is 26.1 Å². The molecule has 0 spiro atoms. The molecule has 27 heavy (non-hydrogen) atoms. The van der Waals surface area contributed by atoms with Crippen LogP contribution in [0.25, 0.3) is 0 Å². The first-order valence-corrected chi connectivity index (χ1v) is 10.7. The summed E-state index contributed by atoms with van der Waals surface area (Å²) in [6, 6.07) is 16.2. The Balaban J connectivity index is 1.48. The molecular weight excluding hydrogens is 362 g/mol. The quantitative estimate of drug-likeness (QED) is 0.792. The van der Waals surface area contributed by atoms with Crippen molar-refractivity contribution in [1.82, 2.24) is 10.2 Å². The number of nitrogens with two attached hydrogens (primary N) is 1. The van der Waals surface area contributed by atoms with Gasteiger partial charge in [-0.2, -0.15) is 0 Å². The van der Waals surface area contributed by atoms with Crippen LogP contribution in [0.3, 0.4) is 0 Å². The Labute approximate surface area is 160 Å². The van der Waals surface area contributed by atoms with Crippen molar-refractivity contribution in [3.63, 3.8) is 0 Å². The van der Waals surface area contributed by atoms with Gasteiger partial charge in [-0.1, -0.05) is 30.3 Å². The summed E-state index contributed by atoms with van der Waals surface area (Å²) in [5.74, 6) is 0.328. The van der Waals surface area contributed by atoms with Crippen LogP contribution >= 0.6 is 0 Å². The van der Waals surface area contributed by atoms with E-state index in [-0.39, 0.29) is 10.8 Å². The number of benzene rings is 2. The van der Waals surface area contributed by atoms with Crippen molar-refractivity contribution in [2.75, 3.05) is 26.2 Å². The highest BCUT2D eigenvalue weighted by atomic mass is 32.2. The van der Waals surface area contributed by atoms with Gasteiger partial charge in [-0.15, -0.1) is 0 Å². The summed E-state index contributed by atoms with van der Waals surface area (Å²) in [5.41, 5.74) is 1.80. The molecule has 0 radical (unpaired) electrons.